The molecule has 0 spiro atoms. The third kappa shape index (κ3) is 2.93. The average Bonchev–Trinajstić information content (AvgIpc) is 3.14. The third-order valence-electron chi connectivity index (χ3n) is 7.63. The van der Waals surface area contributed by atoms with Gasteiger partial charge in [0.15, 0.2) is 6.20 Å². The van der Waals surface area contributed by atoms with Crippen LogP contribution in [0.3, 0.4) is 0 Å². The van der Waals surface area contributed by atoms with E-state index in [1.54, 1.807) is 0 Å². The van der Waals surface area contributed by atoms with Crippen molar-refractivity contribution in [1.82, 2.24) is 4.40 Å². The molecule has 0 radical (unpaired) electrons. The maximum atomic E-state index is 7.95. The molecular formula is C32H32N3+. The lowest BCUT2D eigenvalue weighted by molar-refractivity contribution is -0.644. The molecule has 0 aliphatic rings. The minimum atomic E-state index is -0.617. The molecule has 3 aromatic heterocycles. The molecule has 174 valence electrons. The second kappa shape index (κ2) is 6.95. The number of pyridine rings is 2. The fourth-order valence-corrected chi connectivity index (χ4v) is 6.17. The molecule has 0 saturated carbocycles. The standard InChI is InChI=1S/C32H32N3/c1-19-17-20(18-31(2,3)4)21-11-10-14-25-27(21)26(19)30-29-23(15-16-34(30)8)22-12-9-13-24(28(22)35(25)29)32(5,6)33-7/h9-17H,18H2,1-6,8H3/q+1. The molecule has 0 aliphatic heterocycles. The lowest BCUT2D eigenvalue weighted by atomic mass is 9.84. The summed E-state index contributed by atoms with van der Waals surface area (Å²) in [6.07, 6.45) is 3.22. The van der Waals surface area contributed by atoms with Gasteiger partial charge in [0.1, 0.15) is 12.6 Å². The van der Waals surface area contributed by atoms with E-state index in [1.165, 1.54) is 54.6 Å². The van der Waals surface area contributed by atoms with Crippen molar-refractivity contribution in [2.75, 3.05) is 0 Å². The Morgan fingerprint density at radius 1 is 0.886 bits per heavy atom. The highest BCUT2D eigenvalue weighted by atomic mass is 15.0. The molecule has 0 N–H and O–H groups in total. The molecule has 6 rings (SSSR count). The molecule has 3 heterocycles. The van der Waals surface area contributed by atoms with Gasteiger partial charge in [0.05, 0.1) is 22.0 Å². The monoisotopic (exact) mass is 458 g/mol. The van der Waals surface area contributed by atoms with Crippen LogP contribution in [0.15, 0.2) is 54.7 Å². The van der Waals surface area contributed by atoms with Gasteiger partial charge in [0.2, 0.25) is 5.52 Å². The molecule has 3 heteroatoms. The smallest absolute Gasteiger partial charge is 0.254 e. The van der Waals surface area contributed by atoms with Crippen LogP contribution < -0.4 is 4.57 Å². The van der Waals surface area contributed by atoms with Gasteiger partial charge in [-0.05, 0) is 47.4 Å². The number of rotatable bonds is 2. The first-order chi connectivity index (χ1) is 16.5. The Balaban J connectivity index is 1.98. The van der Waals surface area contributed by atoms with Crippen molar-refractivity contribution in [2.24, 2.45) is 12.5 Å². The van der Waals surface area contributed by atoms with E-state index in [1.807, 2.05) is 13.8 Å². The van der Waals surface area contributed by atoms with Crippen molar-refractivity contribution in [3.8, 4) is 0 Å². The number of para-hydroxylation sites is 1. The van der Waals surface area contributed by atoms with Crippen LogP contribution >= 0.6 is 0 Å². The Kier molecular flexibility index (Phi) is 4.34. The van der Waals surface area contributed by atoms with Crippen molar-refractivity contribution in [1.29, 1.82) is 0 Å². The molecule has 3 aromatic carbocycles. The Bertz CT molecular complexity index is 1850. The molecule has 0 saturated heterocycles. The molecule has 3 nitrogen and oxygen atoms in total. The van der Waals surface area contributed by atoms with Gasteiger partial charge in [-0.15, -0.1) is 0 Å². The van der Waals surface area contributed by atoms with Crippen LogP contribution in [0.2, 0.25) is 0 Å². The summed E-state index contributed by atoms with van der Waals surface area (Å²) in [4.78, 5) is 4.04. The van der Waals surface area contributed by atoms with Gasteiger partial charge in [-0.1, -0.05) is 51.1 Å². The first-order valence-electron chi connectivity index (χ1n) is 12.4. The minimum absolute atomic E-state index is 0.198. The van der Waals surface area contributed by atoms with Gasteiger partial charge in [0, 0.05) is 36.1 Å². The summed E-state index contributed by atoms with van der Waals surface area (Å²) < 4.78 is 4.73. The zero-order chi connectivity index (χ0) is 24.9. The largest absolute Gasteiger partial charge is 0.306 e. The Hall–Kier alpha value is -3.64. The van der Waals surface area contributed by atoms with E-state index in [0.29, 0.717) is 0 Å². The number of nitrogens with zero attached hydrogens (tertiary/aromatic N) is 3. The van der Waals surface area contributed by atoms with Gasteiger partial charge in [-0.3, -0.25) is 0 Å². The molecular weight excluding hydrogens is 426 g/mol. The summed E-state index contributed by atoms with van der Waals surface area (Å²) in [5.41, 5.74) is 8.28. The highest BCUT2D eigenvalue weighted by Gasteiger charge is 2.33. The van der Waals surface area contributed by atoms with Crippen LogP contribution in [0.5, 0.6) is 0 Å². The predicted molar refractivity (Wildman–Crippen MR) is 147 cm³/mol. The number of hydrogen-bond donors (Lipinski definition) is 0. The normalized spacial score (nSPS) is 13.1. The zero-order valence-corrected chi connectivity index (χ0v) is 21.7. The van der Waals surface area contributed by atoms with Gasteiger partial charge in [-0.2, -0.15) is 4.57 Å². The number of benzene rings is 3. The van der Waals surface area contributed by atoms with E-state index in [-0.39, 0.29) is 5.41 Å². The van der Waals surface area contributed by atoms with E-state index in [9.17, 15) is 0 Å². The Labute approximate surface area is 206 Å². The molecule has 0 unspecified atom stereocenters. The van der Waals surface area contributed by atoms with Crippen molar-refractivity contribution in [2.45, 2.75) is 53.5 Å². The van der Waals surface area contributed by atoms with E-state index >= 15 is 0 Å². The fraction of sp³-hybridized carbons (Fsp3) is 0.312. The van der Waals surface area contributed by atoms with E-state index in [4.69, 9.17) is 6.57 Å². The topological polar surface area (TPSA) is 12.7 Å². The van der Waals surface area contributed by atoms with E-state index in [0.717, 1.165) is 17.5 Å². The average molecular weight is 459 g/mol. The lowest BCUT2D eigenvalue weighted by Crippen LogP contribution is -2.29. The molecule has 0 amide bonds. The number of fused-ring (bicyclic) bond motifs is 5. The Morgan fingerprint density at radius 3 is 2.29 bits per heavy atom. The summed E-state index contributed by atoms with van der Waals surface area (Å²) >= 11 is 0. The SMILES string of the molecule is [C-]#[N+]C(C)(C)c1cccc2c3cc[n+](C)c4c5c(C)cc(CC(C)(C)C)c6cccc(c65)n(c12)c34. The summed E-state index contributed by atoms with van der Waals surface area (Å²) in [5, 5.41) is 6.47. The fourth-order valence-electron chi connectivity index (χ4n) is 6.17. The van der Waals surface area contributed by atoms with Crippen LogP contribution in [-0.2, 0) is 19.0 Å². The summed E-state index contributed by atoms with van der Waals surface area (Å²) in [6, 6.07) is 17.9. The third-order valence-corrected chi connectivity index (χ3v) is 7.63. The minimum Gasteiger partial charge on any atom is -0.306 e. The summed E-state index contributed by atoms with van der Waals surface area (Å²) in [7, 11) is 2.16. The van der Waals surface area contributed by atoms with Crippen LogP contribution in [0.1, 0.15) is 51.3 Å². The second-order valence-corrected chi connectivity index (χ2v) is 11.9. The number of aromatic nitrogens is 2. The molecule has 6 aromatic rings. The maximum absolute atomic E-state index is 7.95. The zero-order valence-electron chi connectivity index (χ0n) is 21.7. The molecule has 0 aliphatic carbocycles. The first kappa shape index (κ1) is 21.9. The predicted octanol–water partition coefficient (Wildman–Crippen LogP) is 7.87. The maximum Gasteiger partial charge on any atom is 0.254 e. The van der Waals surface area contributed by atoms with Crippen molar-refractivity contribution >= 4 is 49.0 Å². The number of aryl methyl sites for hydroxylation is 2. The van der Waals surface area contributed by atoms with E-state index < -0.39 is 5.54 Å². The van der Waals surface area contributed by atoms with Crippen molar-refractivity contribution in [3.05, 3.63) is 82.8 Å². The van der Waals surface area contributed by atoms with Crippen LogP contribution in [-0.4, -0.2) is 4.40 Å². The molecule has 0 bridgehead atoms. The second-order valence-electron chi connectivity index (χ2n) is 11.9. The van der Waals surface area contributed by atoms with Gasteiger partial charge in [0.25, 0.3) is 5.54 Å². The van der Waals surface area contributed by atoms with Crippen LogP contribution in [0, 0.1) is 18.9 Å². The number of hydrogen-bond acceptors (Lipinski definition) is 0. The highest BCUT2D eigenvalue weighted by molar-refractivity contribution is 6.26. The van der Waals surface area contributed by atoms with Crippen molar-refractivity contribution in [3.63, 3.8) is 0 Å². The van der Waals surface area contributed by atoms with Gasteiger partial charge in [-0.25, -0.2) is 6.57 Å². The van der Waals surface area contributed by atoms with Crippen LogP contribution in [0.25, 0.3) is 53.8 Å². The van der Waals surface area contributed by atoms with E-state index in [2.05, 4.69) is 103 Å². The molecule has 0 atom stereocenters. The summed E-state index contributed by atoms with van der Waals surface area (Å²) in [5.74, 6) is 0. The molecule has 0 fully saturated rings. The summed E-state index contributed by atoms with van der Waals surface area (Å²) in [6.45, 7) is 21.2. The van der Waals surface area contributed by atoms with Crippen LogP contribution in [0.4, 0.5) is 0 Å². The molecule has 35 heavy (non-hydrogen) atoms. The van der Waals surface area contributed by atoms with Gasteiger partial charge < -0.3 is 9.25 Å². The van der Waals surface area contributed by atoms with Crippen molar-refractivity contribution < 1.29 is 4.57 Å². The lowest BCUT2D eigenvalue weighted by Gasteiger charge is -2.22. The van der Waals surface area contributed by atoms with Gasteiger partial charge >= 0.3 is 0 Å². The highest BCUT2D eigenvalue weighted by Crippen LogP contribution is 2.44. The quantitative estimate of drug-likeness (QED) is 0.108. The first-order valence-corrected chi connectivity index (χ1v) is 12.4. The Morgan fingerprint density at radius 2 is 1.57 bits per heavy atom.